The summed E-state index contributed by atoms with van der Waals surface area (Å²) in [5.41, 5.74) is 4.76. The van der Waals surface area contributed by atoms with Crippen LogP contribution in [0.25, 0.3) is 0 Å². The Bertz CT molecular complexity index is 840. The quantitative estimate of drug-likeness (QED) is 0.567. The molecule has 158 valence electrons. The Balaban J connectivity index is 1.59. The summed E-state index contributed by atoms with van der Waals surface area (Å²) in [6, 6.07) is 4.33. The first-order valence-electron chi connectivity index (χ1n) is 10.2. The largest absolute Gasteiger partial charge is 0.378 e. The van der Waals surface area contributed by atoms with E-state index in [0.29, 0.717) is 6.54 Å². The molecular formula is C21H33N7O. The molecule has 0 aromatic carbocycles. The highest BCUT2D eigenvalue weighted by Crippen LogP contribution is 2.18. The van der Waals surface area contributed by atoms with Gasteiger partial charge in [0.15, 0.2) is 5.96 Å². The number of pyridine rings is 1. The van der Waals surface area contributed by atoms with Crippen molar-refractivity contribution in [3.05, 3.63) is 40.8 Å². The SMILES string of the molecule is CN=C(NCc1cccnc1N1CCOCC1)NC(C)Cc1c(C)nn(C)c1C. The van der Waals surface area contributed by atoms with Crippen molar-refractivity contribution in [3.63, 3.8) is 0 Å². The summed E-state index contributed by atoms with van der Waals surface area (Å²) in [6.07, 6.45) is 2.75. The van der Waals surface area contributed by atoms with Gasteiger partial charge in [-0.1, -0.05) is 6.07 Å². The van der Waals surface area contributed by atoms with Crippen molar-refractivity contribution in [1.82, 2.24) is 25.4 Å². The molecule has 2 aromatic heterocycles. The number of hydrogen-bond donors (Lipinski definition) is 2. The molecule has 0 amide bonds. The average molecular weight is 400 g/mol. The van der Waals surface area contributed by atoms with Gasteiger partial charge in [-0.2, -0.15) is 5.10 Å². The lowest BCUT2D eigenvalue weighted by Gasteiger charge is -2.29. The molecule has 0 spiro atoms. The van der Waals surface area contributed by atoms with E-state index in [9.17, 15) is 0 Å². The van der Waals surface area contributed by atoms with Gasteiger partial charge in [0.2, 0.25) is 0 Å². The highest BCUT2D eigenvalue weighted by atomic mass is 16.5. The van der Waals surface area contributed by atoms with E-state index < -0.39 is 0 Å². The minimum atomic E-state index is 0.232. The van der Waals surface area contributed by atoms with Crippen LogP contribution in [0.5, 0.6) is 0 Å². The second-order valence-electron chi connectivity index (χ2n) is 7.53. The molecule has 0 saturated carbocycles. The molecule has 2 N–H and O–H groups in total. The van der Waals surface area contributed by atoms with Crippen molar-refractivity contribution in [2.45, 2.75) is 39.8 Å². The zero-order chi connectivity index (χ0) is 20.8. The summed E-state index contributed by atoms with van der Waals surface area (Å²) in [6.45, 7) is 10.3. The maximum atomic E-state index is 5.47. The topological polar surface area (TPSA) is 79.6 Å². The molecular weight excluding hydrogens is 366 g/mol. The molecule has 8 heteroatoms. The number of ether oxygens (including phenoxy) is 1. The van der Waals surface area contributed by atoms with Gasteiger partial charge in [0.1, 0.15) is 5.82 Å². The fourth-order valence-corrected chi connectivity index (χ4v) is 3.71. The second kappa shape index (κ2) is 9.73. The van der Waals surface area contributed by atoms with Crippen molar-refractivity contribution in [2.75, 3.05) is 38.3 Å². The zero-order valence-corrected chi connectivity index (χ0v) is 18.2. The van der Waals surface area contributed by atoms with Crippen LogP contribution in [-0.2, 0) is 24.8 Å². The van der Waals surface area contributed by atoms with Crippen molar-refractivity contribution in [1.29, 1.82) is 0 Å². The molecule has 2 aromatic rings. The number of aryl methyl sites for hydroxylation is 2. The number of aliphatic imine (C=N–C) groups is 1. The highest BCUT2D eigenvalue weighted by Gasteiger charge is 2.17. The summed E-state index contributed by atoms with van der Waals surface area (Å²) < 4.78 is 7.41. The fraction of sp³-hybridized carbons (Fsp3) is 0.571. The monoisotopic (exact) mass is 399 g/mol. The van der Waals surface area contributed by atoms with E-state index in [2.05, 4.69) is 57.4 Å². The van der Waals surface area contributed by atoms with Gasteiger partial charge in [-0.3, -0.25) is 9.67 Å². The van der Waals surface area contributed by atoms with E-state index in [-0.39, 0.29) is 6.04 Å². The minimum absolute atomic E-state index is 0.232. The molecule has 8 nitrogen and oxygen atoms in total. The van der Waals surface area contributed by atoms with Crippen LogP contribution in [0.15, 0.2) is 23.3 Å². The standard InChI is InChI=1S/C21H33N7O/c1-15(13-19-16(2)26-27(5)17(19)3)25-21(22-4)24-14-18-7-6-8-23-20(18)28-9-11-29-12-10-28/h6-8,15H,9-14H2,1-5H3,(H2,22,24,25). The molecule has 29 heavy (non-hydrogen) atoms. The molecule has 0 radical (unpaired) electrons. The van der Waals surface area contributed by atoms with Gasteiger partial charge in [-0.15, -0.1) is 0 Å². The number of nitrogens with one attached hydrogen (secondary N) is 2. The molecule has 3 rings (SSSR count). The molecule has 0 bridgehead atoms. The second-order valence-corrected chi connectivity index (χ2v) is 7.53. The van der Waals surface area contributed by atoms with Crippen LogP contribution in [0.2, 0.25) is 0 Å². The van der Waals surface area contributed by atoms with Gasteiger partial charge in [0, 0.05) is 57.2 Å². The maximum absolute atomic E-state index is 5.47. The normalized spacial score (nSPS) is 16.0. The Hall–Kier alpha value is -2.61. The highest BCUT2D eigenvalue weighted by molar-refractivity contribution is 5.80. The van der Waals surface area contributed by atoms with Crippen LogP contribution >= 0.6 is 0 Å². The van der Waals surface area contributed by atoms with Crippen molar-refractivity contribution in [2.24, 2.45) is 12.0 Å². The first-order valence-corrected chi connectivity index (χ1v) is 10.2. The lowest BCUT2D eigenvalue weighted by molar-refractivity contribution is 0.122. The Morgan fingerprint density at radius 1 is 1.31 bits per heavy atom. The maximum Gasteiger partial charge on any atom is 0.191 e. The third-order valence-corrected chi connectivity index (χ3v) is 5.40. The average Bonchev–Trinajstić information content (AvgIpc) is 2.98. The molecule has 1 atom stereocenters. The number of anilines is 1. The number of morpholine rings is 1. The Kier molecular flexibility index (Phi) is 7.09. The van der Waals surface area contributed by atoms with E-state index in [1.165, 1.54) is 11.3 Å². The van der Waals surface area contributed by atoms with E-state index in [0.717, 1.165) is 55.8 Å². The summed E-state index contributed by atoms with van der Waals surface area (Å²) in [4.78, 5) is 11.3. The Morgan fingerprint density at radius 3 is 2.72 bits per heavy atom. The summed E-state index contributed by atoms with van der Waals surface area (Å²) in [7, 11) is 3.79. The molecule has 1 aliphatic rings. The first kappa shape index (κ1) is 21.1. The molecule has 1 aliphatic heterocycles. The molecule has 1 unspecified atom stereocenters. The number of aromatic nitrogens is 3. The Labute approximate surface area is 173 Å². The van der Waals surface area contributed by atoms with E-state index in [1.807, 2.05) is 24.0 Å². The van der Waals surface area contributed by atoms with Gasteiger partial charge in [-0.25, -0.2) is 4.98 Å². The minimum Gasteiger partial charge on any atom is -0.378 e. The molecule has 3 heterocycles. The van der Waals surface area contributed by atoms with Crippen LogP contribution in [0.1, 0.15) is 29.4 Å². The van der Waals surface area contributed by atoms with E-state index >= 15 is 0 Å². The van der Waals surface area contributed by atoms with Crippen molar-refractivity contribution >= 4 is 11.8 Å². The number of guanidine groups is 1. The van der Waals surface area contributed by atoms with Crippen LogP contribution in [0.3, 0.4) is 0 Å². The Morgan fingerprint density at radius 2 is 2.07 bits per heavy atom. The van der Waals surface area contributed by atoms with Crippen LogP contribution in [0.4, 0.5) is 5.82 Å². The molecule has 0 aliphatic carbocycles. The third kappa shape index (κ3) is 5.26. The number of hydrogen-bond acceptors (Lipinski definition) is 5. The summed E-state index contributed by atoms with van der Waals surface area (Å²) >= 11 is 0. The van der Waals surface area contributed by atoms with Crippen molar-refractivity contribution in [3.8, 4) is 0 Å². The predicted molar refractivity (Wildman–Crippen MR) is 116 cm³/mol. The molecule has 1 saturated heterocycles. The summed E-state index contributed by atoms with van der Waals surface area (Å²) in [5.74, 6) is 1.81. The summed E-state index contributed by atoms with van der Waals surface area (Å²) in [5, 5.41) is 11.4. The first-order chi connectivity index (χ1) is 14.0. The van der Waals surface area contributed by atoms with Gasteiger partial charge >= 0.3 is 0 Å². The lowest BCUT2D eigenvalue weighted by Crippen LogP contribution is -2.43. The van der Waals surface area contributed by atoms with Gasteiger partial charge in [-0.05, 0) is 38.8 Å². The fourth-order valence-electron chi connectivity index (χ4n) is 3.71. The van der Waals surface area contributed by atoms with Crippen LogP contribution in [0, 0.1) is 13.8 Å². The lowest BCUT2D eigenvalue weighted by atomic mass is 10.1. The van der Waals surface area contributed by atoms with Crippen LogP contribution in [-0.4, -0.2) is 60.1 Å². The van der Waals surface area contributed by atoms with E-state index in [1.54, 1.807) is 7.05 Å². The van der Waals surface area contributed by atoms with E-state index in [4.69, 9.17) is 4.74 Å². The molecule has 1 fully saturated rings. The smallest absolute Gasteiger partial charge is 0.191 e. The number of nitrogens with zero attached hydrogens (tertiary/aromatic N) is 5. The third-order valence-electron chi connectivity index (χ3n) is 5.40. The zero-order valence-electron chi connectivity index (χ0n) is 18.2. The number of rotatable bonds is 6. The van der Waals surface area contributed by atoms with Gasteiger partial charge < -0.3 is 20.3 Å². The predicted octanol–water partition coefficient (Wildman–Crippen LogP) is 1.56. The van der Waals surface area contributed by atoms with Gasteiger partial charge in [0.25, 0.3) is 0 Å². The van der Waals surface area contributed by atoms with Crippen LogP contribution < -0.4 is 15.5 Å². The van der Waals surface area contributed by atoms with Crippen molar-refractivity contribution < 1.29 is 4.74 Å². The van der Waals surface area contributed by atoms with Gasteiger partial charge in [0.05, 0.1) is 18.9 Å².